The summed E-state index contributed by atoms with van der Waals surface area (Å²) < 4.78 is 5.99. The van der Waals surface area contributed by atoms with Crippen molar-refractivity contribution in [2.45, 2.75) is 13.0 Å². The summed E-state index contributed by atoms with van der Waals surface area (Å²) in [6.45, 7) is 0.449. The Morgan fingerprint density at radius 3 is 2.88 bits per heavy atom. The molecule has 0 atom stereocenters. The third kappa shape index (κ3) is 5.01. The Morgan fingerprint density at radius 2 is 2.12 bits per heavy atom. The lowest BCUT2D eigenvalue weighted by atomic mass is 10.2. The number of anilines is 1. The molecular weight excluding hydrogens is 406 g/mol. The summed E-state index contributed by atoms with van der Waals surface area (Å²) in [6, 6.07) is 10.9. The van der Waals surface area contributed by atoms with Gasteiger partial charge in [0.2, 0.25) is 5.91 Å². The number of rotatable bonds is 6. The fraction of sp³-hybridized carbons (Fsp3) is 0.118. The maximum absolute atomic E-state index is 12.0. The van der Waals surface area contributed by atoms with Crippen molar-refractivity contribution in [2.24, 2.45) is 0 Å². The SMILES string of the molecule is O=C(Cc1csc(NC(=O)c2ccco2)n1)NCc1cccc(Br)c1. The van der Waals surface area contributed by atoms with E-state index < -0.39 is 0 Å². The number of hydrogen-bond donors (Lipinski definition) is 2. The molecule has 8 heteroatoms. The Balaban J connectivity index is 1.50. The first-order chi connectivity index (χ1) is 12.1. The molecule has 0 fully saturated rings. The van der Waals surface area contributed by atoms with Crippen LogP contribution < -0.4 is 10.6 Å². The lowest BCUT2D eigenvalue weighted by Crippen LogP contribution is -2.24. The largest absolute Gasteiger partial charge is 0.459 e. The van der Waals surface area contributed by atoms with Gasteiger partial charge in [0.25, 0.3) is 5.91 Å². The summed E-state index contributed by atoms with van der Waals surface area (Å²) in [6.07, 6.45) is 1.58. The zero-order valence-corrected chi connectivity index (χ0v) is 15.4. The number of hydrogen-bond acceptors (Lipinski definition) is 5. The highest BCUT2D eigenvalue weighted by atomic mass is 79.9. The van der Waals surface area contributed by atoms with Crippen molar-refractivity contribution >= 4 is 44.2 Å². The van der Waals surface area contributed by atoms with Crippen LogP contribution in [0.1, 0.15) is 21.8 Å². The molecule has 2 heterocycles. The van der Waals surface area contributed by atoms with Gasteiger partial charge in [0.15, 0.2) is 10.9 Å². The molecule has 0 bridgehead atoms. The van der Waals surface area contributed by atoms with Crippen molar-refractivity contribution in [3.63, 3.8) is 0 Å². The van der Waals surface area contributed by atoms with Crippen LogP contribution >= 0.6 is 27.3 Å². The zero-order valence-electron chi connectivity index (χ0n) is 13.0. The van der Waals surface area contributed by atoms with E-state index in [1.165, 1.54) is 17.6 Å². The van der Waals surface area contributed by atoms with Crippen molar-refractivity contribution in [2.75, 3.05) is 5.32 Å². The van der Waals surface area contributed by atoms with E-state index in [9.17, 15) is 9.59 Å². The minimum atomic E-state index is -0.370. The van der Waals surface area contributed by atoms with E-state index in [0.717, 1.165) is 10.0 Å². The Kier molecular flexibility index (Phi) is 5.62. The standard InChI is InChI=1S/C17H14BrN3O3S/c18-12-4-1-3-11(7-12)9-19-15(22)8-13-10-25-17(20-13)21-16(23)14-5-2-6-24-14/h1-7,10H,8-9H2,(H,19,22)(H,20,21,23). The monoisotopic (exact) mass is 419 g/mol. The Morgan fingerprint density at radius 1 is 1.24 bits per heavy atom. The predicted octanol–water partition coefficient (Wildman–Crippen LogP) is 3.61. The van der Waals surface area contributed by atoms with Gasteiger partial charge in [0, 0.05) is 16.4 Å². The predicted molar refractivity (Wildman–Crippen MR) is 98.5 cm³/mol. The molecule has 0 unspecified atom stereocenters. The van der Waals surface area contributed by atoms with Gasteiger partial charge in [-0.2, -0.15) is 0 Å². The summed E-state index contributed by atoms with van der Waals surface area (Å²) >= 11 is 4.66. The van der Waals surface area contributed by atoms with Crippen LogP contribution in [0.3, 0.4) is 0 Å². The first-order valence-electron chi connectivity index (χ1n) is 7.40. The minimum absolute atomic E-state index is 0.130. The van der Waals surface area contributed by atoms with Gasteiger partial charge in [0.05, 0.1) is 18.4 Å². The van der Waals surface area contributed by atoms with Crippen molar-refractivity contribution in [3.05, 3.63) is 69.5 Å². The summed E-state index contributed by atoms with van der Waals surface area (Å²) in [7, 11) is 0. The van der Waals surface area contributed by atoms with Gasteiger partial charge in [-0.15, -0.1) is 11.3 Å². The average molecular weight is 420 g/mol. The number of nitrogens with zero attached hydrogens (tertiary/aromatic N) is 1. The number of aromatic nitrogens is 1. The van der Waals surface area contributed by atoms with Gasteiger partial charge in [-0.05, 0) is 29.8 Å². The Hall–Kier alpha value is -2.45. The quantitative estimate of drug-likeness (QED) is 0.638. The van der Waals surface area contributed by atoms with Crippen LogP contribution in [0.5, 0.6) is 0 Å². The third-order valence-corrected chi connectivity index (χ3v) is 4.54. The van der Waals surface area contributed by atoms with Crippen molar-refractivity contribution in [3.8, 4) is 0 Å². The van der Waals surface area contributed by atoms with Gasteiger partial charge in [0.1, 0.15) is 0 Å². The van der Waals surface area contributed by atoms with Gasteiger partial charge < -0.3 is 9.73 Å². The zero-order chi connectivity index (χ0) is 17.6. The van der Waals surface area contributed by atoms with Gasteiger partial charge >= 0.3 is 0 Å². The van der Waals surface area contributed by atoms with Crippen LogP contribution in [-0.2, 0) is 17.8 Å². The molecule has 0 aliphatic rings. The fourth-order valence-electron chi connectivity index (χ4n) is 2.09. The Labute approximate surface area is 156 Å². The number of thiazole rings is 1. The average Bonchev–Trinajstić information content (AvgIpc) is 3.25. The highest BCUT2D eigenvalue weighted by Crippen LogP contribution is 2.17. The van der Waals surface area contributed by atoms with Crippen LogP contribution in [0.25, 0.3) is 0 Å². The maximum Gasteiger partial charge on any atom is 0.293 e. The van der Waals surface area contributed by atoms with Gasteiger partial charge in [-0.3, -0.25) is 14.9 Å². The van der Waals surface area contributed by atoms with E-state index in [2.05, 4.69) is 31.5 Å². The molecule has 0 radical (unpaired) electrons. The molecule has 25 heavy (non-hydrogen) atoms. The number of furan rings is 1. The number of nitrogens with one attached hydrogen (secondary N) is 2. The normalized spacial score (nSPS) is 10.4. The van der Waals surface area contributed by atoms with E-state index in [1.54, 1.807) is 17.5 Å². The second-order valence-electron chi connectivity index (χ2n) is 5.16. The fourth-order valence-corrected chi connectivity index (χ4v) is 3.24. The summed E-state index contributed by atoms with van der Waals surface area (Å²) in [5, 5.41) is 7.66. The minimum Gasteiger partial charge on any atom is -0.459 e. The molecular formula is C17H14BrN3O3S. The highest BCUT2D eigenvalue weighted by Gasteiger charge is 2.12. The van der Waals surface area contributed by atoms with E-state index in [0.29, 0.717) is 17.4 Å². The van der Waals surface area contributed by atoms with Gasteiger partial charge in [-0.25, -0.2) is 4.98 Å². The smallest absolute Gasteiger partial charge is 0.293 e. The second kappa shape index (κ2) is 8.09. The third-order valence-electron chi connectivity index (χ3n) is 3.24. The maximum atomic E-state index is 12.0. The van der Waals surface area contributed by atoms with Crippen LogP contribution in [0.4, 0.5) is 5.13 Å². The van der Waals surface area contributed by atoms with E-state index in [1.807, 2.05) is 24.3 Å². The van der Waals surface area contributed by atoms with Crippen molar-refractivity contribution < 1.29 is 14.0 Å². The molecule has 2 N–H and O–H groups in total. The molecule has 3 rings (SSSR count). The first-order valence-corrected chi connectivity index (χ1v) is 9.08. The molecule has 1 aromatic carbocycles. The second-order valence-corrected chi connectivity index (χ2v) is 6.93. The first kappa shape index (κ1) is 17.4. The molecule has 0 aliphatic carbocycles. The number of carbonyl (C=O) groups is 2. The van der Waals surface area contributed by atoms with Crippen molar-refractivity contribution in [1.82, 2.24) is 10.3 Å². The lowest BCUT2D eigenvalue weighted by Gasteiger charge is -2.04. The molecule has 0 aliphatic heterocycles. The number of benzene rings is 1. The van der Waals surface area contributed by atoms with Crippen LogP contribution in [0, 0.1) is 0 Å². The van der Waals surface area contributed by atoms with Crippen LogP contribution in [0.2, 0.25) is 0 Å². The molecule has 0 saturated carbocycles. The number of amides is 2. The molecule has 0 saturated heterocycles. The number of carbonyl (C=O) groups excluding carboxylic acids is 2. The molecule has 3 aromatic rings. The molecule has 0 spiro atoms. The van der Waals surface area contributed by atoms with Gasteiger partial charge in [-0.1, -0.05) is 28.1 Å². The van der Waals surface area contributed by atoms with Crippen LogP contribution in [-0.4, -0.2) is 16.8 Å². The Bertz CT molecular complexity index is 877. The lowest BCUT2D eigenvalue weighted by molar-refractivity contribution is -0.120. The summed E-state index contributed by atoms with van der Waals surface area (Å²) in [5.41, 5.74) is 1.61. The summed E-state index contributed by atoms with van der Waals surface area (Å²) in [4.78, 5) is 28.1. The van der Waals surface area contributed by atoms with E-state index in [4.69, 9.17) is 4.42 Å². The van der Waals surface area contributed by atoms with E-state index in [-0.39, 0.29) is 24.0 Å². The van der Waals surface area contributed by atoms with Crippen LogP contribution in [0.15, 0.2) is 56.9 Å². The molecule has 6 nitrogen and oxygen atoms in total. The molecule has 128 valence electrons. The molecule has 2 aromatic heterocycles. The number of halogens is 1. The van der Waals surface area contributed by atoms with E-state index >= 15 is 0 Å². The topological polar surface area (TPSA) is 84.2 Å². The summed E-state index contributed by atoms with van der Waals surface area (Å²) in [5.74, 6) is -0.289. The molecule has 2 amide bonds. The highest BCUT2D eigenvalue weighted by molar-refractivity contribution is 9.10. The van der Waals surface area contributed by atoms with Crippen molar-refractivity contribution in [1.29, 1.82) is 0 Å².